The standard InChI is InChI=1S/C25H31ClFN3O2S/c1-17-14-28(10-11-30(17)24(32)25(2,3)16-26)22(31)15-29-9-7-21-20(8-12-33-21)23(29)18-5-4-6-19(27)13-18/h4-6,8,12-13,17,23H,7,9-11,14-16H2,1-3H3/t17-,23-/m1/s1. The van der Waals surface area contributed by atoms with Crippen LogP contribution in [0.5, 0.6) is 0 Å². The number of fused-ring (bicyclic) bond motifs is 1. The van der Waals surface area contributed by atoms with Gasteiger partial charge in [-0.05, 0) is 61.9 Å². The van der Waals surface area contributed by atoms with Crippen molar-refractivity contribution < 1.29 is 14.0 Å². The van der Waals surface area contributed by atoms with Crippen LogP contribution in [0.2, 0.25) is 0 Å². The minimum absolute atomic E-state index is 0.0317. The van der Waals surface area contributed by atoms with Crippen molar-refractivity contribution >= 4 is 34.8 Å². The summed E-state index contributed by atoms with van der Waals surface area (Å²) in [5.41, 5.74) is 1.41. The second-order valence-electron chi connectivity index (χ2n) is 9.68. The minimum Gasteiger partial charge on any atom is -0.338 e. The molecular formula is C25H31ClFN3O2S. The summed E-state index contributed by atoms with van der Waals surface area (Å²) in [5, 5.41) is 2.07. The van der Waals surface area contributed by atoms with Crippen molar-refractivity contribution in [1.82, 2.24) is 14.7 Å². The Hall–Kier alpha value is -1.96. The third-order valence-electron chi connectivity index (χ3n) is 6.72. The molecule has 0 aliphatic carbocycles. The maximum Gasteiger partial charge on any atom is 0.236 e. The lowest BCUT2D eigenvalue weighted by molar-refractivity contribution is -0.148. The SMILES string of the molecule is C[C@@H]1CN(C(=O)CN2CCc3sccc3[C@H]2c2cccc(F)c2)CCN1C(=O)C(C)(C)CCl. The highest BCUT2D eigenvalue weighted by Gasteiger charge is 2.38. The van der Waals surface area contributed by atoms with Gasteiger partial charge in [0, 0.05) is 43.0 Å². The monoisotopic (exact) mass is 491 g/mol. The van der Waals surface area contributed by atoms with Crippen molar-refractivity contribution in [2.24, 2.45) is 5.41 Å². The molecule has 0 spiro atoms. The molecule has 0 radical (unpaired) electrons. The van der Waals surface area contributed by atoms with E-state index in [2.05, 4.69) is 16.3 Å². The third kappa shape index (κ3) is 4.96. The van der Waals surface area contributed by atoms with Gasteiger partial charge in [0.15, 0.2) is 0 Å². The lowest BCUT2D eigenvalue weighted by atomic mass is 9.92. The van der Waals surface area contributed by atoms with E-state index in [1.807, 2.05) is 36.6 Å². The van der Waals surface area contributed by atoms with Crippen molar-refractivity contribution in [3.8, 4) is 0 Å². The molecule has 8 heteroatoms. The van der Waals surface area contributed by atoms with Gasteiger partial charge in [0.1, 0.15) is 5.82 Å². The molecule has 1 aromatic carbocycles. The molecule has 178 valence electrons. The number of hydrogen-bond acceptors (Lipinski definition) is 4. The van der Waals surface area contributed by atoms with Gasteiger partial charge >= 0.3 is 0 Å². The summed E-state index contributed by atoms with van der Waals surface area (Å²) < 4.78 is 14.0. The largest absolute Gasteiger partial charge is 0.338 e. The fourth-order valence-corrected chi connectivity index (χ4v) is 5.83. The van der Waals surface area contributed by atoms with Gasteiger partial charge in [0.05, 0.1) is 18.0 Å². The Bertz CT molecular complexity index is 1030. The predicted octanol–water partition coefficient (Wildman–Crippen LogP) is 4.16. The smallest absolute Gasteiger partial charge is 0.236 e. The van der Waals surface area contributed by atoms with Crippen molar-refractivity contribution in [2.75, 3.05) is 38.6 Å². The number of alkyl halides is 1. The number of thiophene rings is 1. The van der Waals surface area contributed by atoms with E-state index in [0.29, 0.717) is 19.6 Å². The van der Waals surface area contributed by atoms with E-state index in [-0.39, 0.29) is 42.1 Å². The number of nitrogens with zero attached hydrogens (tertiary/aromatic N) is 3. The van der Waals surface area contributed by atoms with E-state index in [0.717, 1.165) is 24.1 Å². The van der Waals surface area contributed by atoms with Crippen LogP contribution in [0.15, 0.2) is 35.7 Å². The molecule has 0 saturated carbocycles. The molecule has 1 saturated heterocycles. The van der Waals surface area contributed by atoms with E-state index in [4.69, 9.17) is 11.6 Å². The summed E-state index contributed by atoms with van der Waals surface area (Å²) in [7, 11) is 0. The van der Waals surface area contributed by atoms with E-state index >= 15 is 0 Å². The van der Waals surface area contributed by atoms with Gasteiger partial charge in [-0.1, -0.05) is 12.1 Å². The number of piperazine rings is 1. The van der Waals surface area contributed by atoms with E-state index in [9.17, 15) is 14.0 Å². The highest BCUT2D eigenvalue weighted by Crippen LogP contribution is 2.38. The van der Waals surface area contributed by atoms with Crippen LogP contribution in [-0.4, -0.2) is 71.2 Å². The second-order valence-corrected chi connectivity index (χ2v) is 10.9. The second kappa shape index (κ2) is 9.72. The van der Waals surface area contributed by atoms with Gasteiger partial charge in [-0.2, -0.15) is 0 Å². The highest BCUT2D eigenvalue weighted by atomic mass is 35.5. The van der Waals surface area contributed by atoms with Crippen LogP contribution in [0.25, 0.3) is 0 Å². The molecule has 2 aliphatic heterocycles. The summed E-state index contributed by atoms with van der Waals surface area (Å²) in [6, 6.07) is 8.57. The highest BCUT2D eigenvalue weighted by molar-refractivity contribution is 7.10. The van der Waals surface area contributed by atoms with Crippen LogP contribution < -0.4 is 0 Å². The molecule has 0 bridgehead atoms. The molecule has 2 amide bonds. The fourth-order valence-electron chi connectivity index (χ4n) is 4.81. The zero-order chi connectivity index (χ0) is 23.8. The van der Waals surface area contributed by atoms with Crippen LogP contribution in [0, 0.1) is 11.2 Å². The topological polar surface area (TPSA) is 43.9 Å². The molecule has 2 aliphatic rings. The first-order valence-electron chi connectivity index (χ1n) is 11.4. The number of rotatable bonds is 5. The molecule has 1 fully saturated rings. The van der Waals surface area contributed by atoms with E-state index in [1.165, 1.54) is 10.9 Å². The van der Waals surface area contributed by atoms with Crippen molar-refractivity contribution in [2.45, 2.75) is 39.3 Å². The third-order valence-corrected chi connectivity index (χ3v) is 8.39. The first-order valence-corrected chi connectivity index (χ1v) is 12.8. The van der Waals surface area contributed by atoms with Crippen LogP contribution in [0.1, 0.15) is 42.8 Å². The molecule has 4 rings (SSSR count). The average molecular weight is 492 g/mol. The van der Waals surface area contributed by atoms with Gasteiger partial charge in [0.2, 0.25) is 11.8 Å². The molecule has 2 atom stereocenters. The summed E-state index contributed by atoms with van der Waals surface area (Å²) in [6.45, 7) is 8.23. The molecule has 2 aromatic rings. The van der Waals surface area contributed by atoms with Crippen LogP contribution in [0.3, 0.4) is 0 Å². The number of benzene rings is 1. The Morgan fingerprint density at radius 3 is 2.70 bits per heavy atom. The summed E-state index contributed by atoms with van der Waals surface area (Å²) in [4.78, 5) is 33.4. The zero-order valence-corrected chi connectivity index (χ0v) is 21.0. The Morgan fingerprint density at radius 1 is 1.21 bits per heavy atom. The van der Waals surface area contributed by atoms with Gasteiger partial charge in [-0.25, -0.2) is 4.39 Å². The maximum atomic E-state index is 14.0. The molecule has 5 nitrogen and oxygen atoms in total. The lowest BCUT2D eigenvalue weighted by Crippen LogP contribution is -2.59. The van der Waals surface area contributed by atoms with Crippen molar-refractivity contribution in [1.29, 1.82) is 0 Å². The first-order chi connectivity index (χ1) is 15.7. The lowest BCUT2D eigenvalue weighted by Gasteiger charge is -2.43. The van der Waals surface area contributed by atoms with Gasteiger partial charge in [-0.3, -0.25) is 14.5 Å². The quantitative estimate of drug-likeness (QED) is 0.590. The molecular weight excluding hydrogens is 461 g/mol. The van der Waals surface area contributed by atoms with Crippen LogP contribution >= 0.6 is 22.9 Å². The summed E-state index contributed by atoms with van der Waals surface area (Å²) >= 11 is 7.73. The molecule has 3 heterocycles. The molecule has 0 unspecified atom stereocenters. The number of carbonyl (C=O) groups is 2. The van der Waals surface area contributed by atoms with E-state index in [1.54, 1.807) is 23.5 Å². The van der Waals surface area contributed by atoms with Gasteiger partial charge < -0.3 is 9.80 Å². The predicted molar refractivity (Wildman–Crippen MR) is 130 cm³/mol. The van der Waals surface area contributed by atoms with Crippen LogP contribution in [0.4, 0.5) is 4.39 Å². The zero-order valence-electron chi connectivity index (χ0n) is 19.4. The maximum absolute atomic E-state index is 14.0. The molecule has 33 heavy (non-hydrogen) atoms. The Morgan fingerprint density at radius 2 is 2.00 bits per heavy atom. The van der Waals surface area contributed by atoms with Gasteiger partial charge in [0.25, 0.3) is 0 Å². The summed E-state index contributed by atoms with van der Waals surface area (Å²) in [5.74, 6) is 0.0733. The number of amides is 2. The Kier molecular flexibility index (Phi) is 7.12. The number of hydrogen-bond donors (Lipinski definition) is 0. The van der Waals surface area contributed by atoms with Crippen molar-refractivity contribution in [3.05, 3.63) is 57.5 Å². The normalized spacial score (nSPS) is 21.7. The van der Waals surface area contributed by atoms with Gasteiger partial charge in [-0.15, -0.1) is 22.9 Å². The number of halogens is 2. The Balaban J connectivity index is 1.47. The van der Waals surface area contributed by atoms with Crippen molar-refractivity contribution in [3.63, 3.8) is 0 Å². The minimum atomic E-state index is -0.619. The average Bonchev–Trinajstić information content (AvgIpc) is 3.27. The first kappa shape index (κ1) is 24.2. The number of carbonyl (C=O) groups excluding carboxylic acids is 2. The molecule has 1 aromatic heterocycles. The molecule has 0 N–H and O–H groups in total. The Labute approximate surface area is 204 Å². The fraction of sp³-hybridized carbons (Fsp3) is 0.520. The van der Waals surface area contributed by atoms with E-state index < -0.39 is 5.41 Å². The summed E-state index contributed by atoms with van der Waals surface area (Å²) in [6.07, 6.45) is 0.887. The van der Waals surface area contributed by atoms with Crippen LogP contribution in [-0.2, 0) is 16.0 Å².